The van der Waals surface area contributed by atoms with Gasteiger partial charge in [-0.1, -0.05) is 6.92 Å². The molecular weight excluding hydrogens is 231 g/mol. The van der Waals surface area contributed by atoms with Crippen LogP contribution < -0.4 is 9.80 Å². The molecule has 1 aromatic rings. The second kappa shape index (κ2) is 5.38. The maximum absolute atomic E-state index is 13.3. The molecule has 1 aliphatic rings. The second-order valence-electron chi connectivity index (χ2n) is 4.70. The topological polar surface area (TPSA) is 23.6 Å². The standard InChI is InChI=1S/C14H19FN2O/c1-3-5-14(18)17-9-4-8-16(2)13-10-11(15)6-7-12(13)17/h6-7,10H,3-5,8-9H2,1-2H3. The highest BCUT2D eigenvalue weighted by molar-refractivity contribution is 5.97. The summed E-state index contributed by atoms with van der Waals surface area (Å²) in [5.41, 5.74) is 1.63. The van der Waals surface area contributed by atoms with E-state index >= 15 is 0 Å². The van der Waals surface area contributed by atoms with Crippen LogP contribution in [0.5, 0.6) is 0 Å². The zero-order valence-corrected chi connectivity index (χ0v) is 10.9. The smallest absolute Gasteiger partial charge is 0.227 e. The number of fused-ring (bicyclic) bond motifs is 1. The van der Waals surface area contributed by atoms with Gasteiger partial charge in [0.25, 0.3) is 0 Å². The third-order valence-electron chi connectivity index (χ3n) is 3.28. The average Bonchev–Trinajstić information content (AvgIpc) is 2.50. The van der Waals surface area contributed by atoms with E-state index in [9.17, 15) is 9.18 Å². The molecule has 0 saturated heterocycles. The van der Waals surface area contributed by atoms with Crippen molar-refractivity contribution in [1.29, 1.82) is 0 Å². The van der Waals surface area contributed by atoms with Gasteiger partial charge in [0.15, 0.2) is 0 Å². The van der Waals surface area contributed by atoms with E-state index in [2.05, 4.69) is 0 Å². The Balaban J connectivity index is 2.40. The number of rotatable bonds is 2. The minimum Gasteiger partial charge on any atom is -0.373 e. The van der Waals surface area contributed by atoms with Crippen LogP contribution in [0.25, 0.3) is 0 Å². The molecule has 1 aliphatic heterocycles. The largest absolute Gasteiger partial charge is 0.373 e. The van der Waals surface area contributed by atoms with Crippen molar-refractivity contribution in [2.24, 2.45) is 0 Å². The average molecular weight is 250 g/mol. The van der Waals surface area contributed by atoms with E-state index in [4.69, 9.17) is 0 Å². The van der Waals surface area contributed by atoms with E-state index in [0.717, 1.165) is 30.8 Å². The highest BCUT2D eigenvalue weighted by Crippen LogP contribution is 2.32. The zero-order valence-electron chi connectivity index (χ0n) is 10.9. The number of hydrogen-bond acceptors (Lipinski definition) is 2. The van der Waals surface area contributed by atoms with Crippen LogP contribution >= 0.6 is 0 Å². The first-order valence-corrected chi connectivity index (χ1v) is 6.44. The summed E-state index contributed by atoms with van der Waals surface area (Å²) in [6, 6.07) is 4.64. The van der Waals surface area contributed by atoms with Crippen LogP contribution in [0.3, 0.4) is 0 Å². The molecule has 0 N–H and O–H groups in total. The third kappa shape index (κ3) is 2.47. The lowest BCUT2D eigenvalue weighted by atomic mass is 10.2. The third-order valence-corrected chi connectivity index (χ3v) is 3.28. The number of nitrogens with zero attached hydrogens (tertiary/aromatic N) is 2. The van der Waals surface area contributed by atoms with Gasteiger partial charge in [0.1, 0.15) is 5.82 Å². The minimum absolute atomic E-state index is 0.126. The van der Waals surface area contributed by atoms with Gasteiger partial charge in [-0.05, 0) is 31.0 Å². The summed E-state index contributed by atoms with van der Waals surface area (Å²) in [7, 11) is 1.94. The van der Waals surface area contributed by atoms with Gasteiger partial charge >= 0.3 is 0 Å². The predicted octanol–water partition coefficient (Wildman–Crippen LogP) is 2.80. The lowest BCUT2D eigenvalue weighted by Crippen LogP contribution is -2.31. The summed E-state index contributed by atoms with van der Waals surface area (Å²) in [6.45, 7) is 3.54. The van der Waals surface area contributed by atoms with Crippen LogP contribution in [0.15, 0.2) is 18.2 Å². The molecule has 0 radical (unpaired) electrons. The van der Waals surface area contributed by atoms with Crippen molar-refractivity contribution in [3.05, 3.63) is 24.0 Å². The van der Waals surface area contributed by atoms with E-state index in [1.165, 1.54) is 12.1 Å². The Morgan fingerprint density at radius 2 is 2.11 bits per heavy atom. The lowest BCUT2D eigenvalue weighted by Gasteiger charge is -2.24. The van der Waals surface area contributed by atoms with Crippen molar-refractivity contribution in [2.75, 3.05) is 29.9 Å². The fourth-order valence-corrected chi connectivity index (χ4v) is 2.35. The molecule has 3 nitrogen and oxygen atoms in total. The summed E-state index contributed by atoms with van der Waals surface area (Å²) in [5, 5.41) is 0. The summed E-state index contributed by atoms with van der Waals surface area (Å²) < 4.78 is 13.3. The fourth-order valence-electron chi connectivity index (χ4n) is 2.35. The van der Waals surface area contributed by atoms with Crippen LogP contribution in [0.1, 0.15) is 26.2 Å². The molecule has 0 aliphatic carbocycles. The van der Waals surface area contributed by atoms with Crippen molar-refractivity contribution in [2.45, 2.75) is 26.2 Å². The zero-order chi connectivity index (χ0) is 13.1. The first-order chi connectivity index (χ1) is 8.63. The molecule has 2 rings (SSSR count). The molecule has 98 valence electrons. The van der Waals surface area contributed by atoms with Crippen LogP contribution in [0.2, 0.25) is 0 Å². The first-order valence-electron chi connectivity index (χ1n) is 6.44. The summed E-state index contributed by atoms with van der Waals surface area (Å²) in [6.07, 6.45) is 2.28. The molecule has 0 atom stereocenters. The van der Waals surface area contributed by atoms with E-state index in [0.29, 0.717) is 13.0 Å². The lowest BCUT2D eigenvalue weighted by molar-refractivity contribution is -0.118. The molecule has 1 amide bonds. The number of anilines is 2. The van der Waals surface area contributed by atoms with Gasteiger partial charge in [-0.2, -0.15) is 0 Å². The number of hydrogen-bond donors (Lipinski definition) is 0. The molecule has 0 spiro atoms. The van der Waals surface area contributed by atoms with Crippen molar-refractivity contribution >= 4 is 17.3 Å². The summed E-state index contributed by atoms with van der Waals surface area (Å²) >= 11 is 0. The van der Waals surface area contributed by atoms with E-state index < -0.39 is 0 Å². The molecule has 1 heterocycles. The quantitative estimate of drug-likeness (QED) is 0.805. The fraction of sp³-hybridized carbons (Fsp3) is 0.500. The molecule has 0 bridgehead atoms. The molecule has 1 aromatic carbocycles. The van der Waals surface area contributed by atoms with Crippen LogP contribution in [0, 0.1) is 5.82 Å². The Hall–Kier alpha value is -1.58. The monoisotopic (exact) mass is 250 g/mol. The highest BCUT2D eigenvalue weighted by Gasteiger charge is 2.22. The Kier molecular flexibility index (Phi) is 3.84. The van der Waals surface area contributed by atoms with E-state index in [1.54, 1.807) is 11.0 Å². The first kappa shape index (κ1) is 12.9. The number of halogens is 1. The Morgan fingerprint density at radius 3 is 2.83 bits per heavy atom. The number of benzene rings is 1. The second-order valence-corrected chi connectivity index (χ2v) is 4.70. The summed E-state index contributed by atoms with van der Waals surface area (Å²) in [4.78, 5) is 15.9. The van der Waals surface area contributed by atoms with Crippen molar-refractivity contribution in [3.63, 3.8) is 0 Å². The maximum Gasteiger partial charge on any atom is 0.227 e. The van der Waals surface area contributed by atoms with Crippen molar-refractivity contribution < 1.29 is 9.18 Å². The van der Waals surface area contributed by atoms with Gasteiger partial charge < -0.3 is 9.80 Å². The molecular formula is C14H19FN2O. The van der Waals surface area contributed by atoms with E-state index in [1.807, 2.05) is 18.9 Å². The highest BCUT2D eigenvalue weighted by atomic mass is 19.1. The van der Waals surface area contributed by atoms with Crippen LogP contribution in [-0.4, -0.2) is 26.0 Å². The Labute approximate surface area is 107 Å². The van der Waals surface area contributed by atoms with Crippen LogP contribution in [0.4, 0.5) is 15.8 Å². The van der Waals surface area contributed by atoms with Gasteiger partial charge in [-0.25, -0.2) is 4.39 Å². The molecule has 4 heteroatoms. The molecule has 18 heavy (non-hydrogen) atoms. The number of carbonyl (C=O) groups is 1. The van der Waals surface area contributed by atoms with Crippen molar-refractivity contribution in [1.82, 2.24) is 0 Å². The van der Waals surface area contributed by atoms with Gasteiger partial charge in [-0.3, -0.25) is 4.79 Å². The van der Waals surface area contributed by atoms with Gasteiger partial charge in [-0.15, -0.1) is 0 Å². The van der Waals surface area contributed by atoms with Gasteiger partial charge in [0.2, 0.25) is 5.91 Å². The SMILES string of the molecule is CCCC(=O)N1CCCN(C)c2cc(F)ccc21. The van der Waals surface area contributed by atoms with E-state index in [-0.39, 0.29) is 11.7 Å². The normalized spacial score (nSPS) is 15.3. The molecule has 0 aromatic heterocycles. The molecule has 0 saturated carbocycles. The Morgan fingerprint density at radius 1 is 1.33 bits per heavy atom. The predicted molar refractivity (Wildman–Crippen MR) is 71.5 cm³/mol. The molecule has 0 fully saturated rings. The Bertz CT molecular complexity index is 447. The van der Waals surface area contributed by atoms with Crippen LogP contribution in [-0.2, 0) is 4.79 Å². The van der Waals surface area contributed by atoms with Crippen molar-refractivity contribution in [3.8, 4) is 0 Å². The van der Waals surface area contributed by atoms with Gasteiger partial charge in [0.05, 0.1) is 11.4 Å². The number of carbonyl (C=O) groups excluding carboxylic acids is 1. The maximum atomic E-state index is 13.3. The summed E-state index contributed by atoms with van der Waals surface area (Å²) in [5.74, 6) is -0.133. The molecule has 0 unspecified atom stereocenters. The van der Waals surface area contributed by atoms with Gasteiger partial charge in [0, 0.05) is 26.6 Å². The number of amides is 1. The minimum atomic E-state index is -0.259.